The van der Waals surface area contributed by atoms with Crippen LogP contribution >= 0.6 is 11.3 Å². The normalized spacial score (nSPS) is 13.8. The molecule has 1 heterocycles. The molecule has 1 aromatic rings. The average molecular weight is 253 g/mol. The number of aliphatic imine (C=N–C) groups is 1. The third kappa shape index (κ3) is 4.77. The van der Waals surface area contributed by atoms with Crippen molar-refractivity contribution in [1.82, 2.24) is 5.32 Å². The fourth-order valence-electron chi connectivity index (χ4n) is 1.45. The van der Waals surface area contributed by atoms with Crippen LogP contribution in [0.5, 0.6) is 0 Å². The summed E-state index contributed by atoms with van der Waals surface area (Å²) in [5.41, 5.74) is 5.86. The van der Waals surface area contributed by atoms with Gasteiger partial charge in [0.15, 0.2) is 5.96 Å². The zero-order valence-corrected chi connectivity index (χ0v) is 12.2. The molecule has 0 aromatic carbocycles. The maximum absolute atomic E-state index is 5.86. The van der Waals surface area contributed by atoms with Crippen molar-refractivity contribution >= 4 is 17.3 Å². The molecule has 0 fully saturated rings. The van der Waals surface area contributed by atoms with Crippen LogP contribution in [0.4, 0.5) is 0 Å². The number of nitrogens with two attached hydrogens (primary N) is 1. The van der Waals surface area contributed by atoms with Gasteiger partial charge in [0.05, 0.1) is 6.54 Å². The summed E-state index contributed by atoms with van der Waals surface area (Å²) in [4.78, 5) is 5.76. The van der Waals surface area contributed by atoms with Crippen molar-refractivity contribution in [2.24, 2.45) is 10.7 Å². The van der Waals surface area contributed by atoms with Gasteiger partial charge in [-0.25, -0.2) is 0 Å². The van der Waals surface area contributed by atoms with Crippen LogP contribution in [0.2, 0.25) is 0 Å². The van der Waals surface area contributed by atoms with Crippen LogP contribution in [-0.4, -0.2) is 18.0 Å². The highest BCUT2D eigenvalue weighted by atomic mass is 32.1. The number of nitrogens with one attached hydrogen (secondary N) is 1. The van der Waals surface area contributed by atoms with Crippen molar-refractivity contribution in [1.29, 1.82) is 0 Å². The van der Waals surface area contributed by atoms with Gasteiger partial charge >= 0.3 is 0 Å². The predicted molar refractivity (Wildman–Crippen MR) is 76.7 cm³/mol. The van der Waals surface area contributed by atoms with Crippen LogP contribution in [0.1, 0.15) is 39.5 Å². The molecule has 0 bridgehead atoms. The number of hydrogen-bond acceptors (Lipinski definition) is 2. The molecule has 0 aliphatic heterocycles. The van der Waals surface area contributed by atoms with Crippen LogP contribution in [0, 0.1) is 0 Å². The van der Waals surface area contributed by atoms with Gasteiger partial charge in [-0.05, 0) is 32.2 Å². The Bertz CT molecular complexity index is 372. The van der Waals surface area contributed by atoms with Crippen molar-refractivity contribution in [2.45, 2.75) is 45.6 Å². The second-order valence-electron chi connectivity index (χ2n) is 5.94. The molecule has 4 heteroatoms. The minimum Gasteiger partial charge on any atom is -0.370 e. The Hall–Kier alpha value is -1.03. The molecule has 0 spiro atoms. The molecule has 0 atom stereocenters. The Morgan fingerprint density at radius 1 is 1.35 bits per heavy atom. The number of nitrogens with zero attached hydrogens (tertiary/aromatic N) is 1. The summed E-state index contributed by atoms with van der Waals surface area (Å²) in [7, 11) is 0. The highest BCUT2D eigenvalue weighted by Crippen LogP contribution is 2.27. The van der Waals surface area contributed by atoms with Crippen LogP contribution in [0.15, 0.2) is 22.5 Å². The average Bonchev–Trinajstić information content (AvgIpc) is 2.65. The summed E-state index contributed by atoms with van der Waals surface area (Å²) >= 11 is 1.76. The summed E-state index contributed by atoms with van der Waals surface area (Å²) in [5, 5.41) is 5.26. The molecule has 0 amide bonds. The van der Waals surface area contributed by atoms with E-state index in [0.717, 1.165) is 0 Å². The molecule has 1 rings (SSSR count). The van der Waals surface area contributed by atoms with E-state index in [-0.39, 0.29) is 11.0 Å². The van der Waals surface area contributed by atoms with E-state index in [1.54, 1.807) is 11.3 Å². The van der Waals surface area contributed by atoms with Gasteiger partial charge in [0.1, 0.15) is 0 Å². The SMILES string of the molecule is CC(C)(C)NC(N)=NCC(C)(C)c1cccs1. The Morgan fingerprint density at radius 3 is 2.47 bits per heavy atom. The number of thiophene rings is 1. The van der Waals surface area contributed by atoms with Gasteiger partial charge < -0.3 is 11.1 Å². The third-order valence-electron chi connectivity index (χ3n) is 2.34. The highest BCUT2D eigenvalue weighted by molar-refractivity contribution is 7.10. The molecule has 17 heavy (non-hydrogen) atoms. The van der Waals surface area contributed by atoms with E-state index in [2.05, 4.69) is 62.4 Å². The first kappa shape index (κ1) is 14.0. The van der Waals surface area contributed by atoms with Crippen molar-refractivity contribution < 1.29 is 0 Å². The molecule has 0 saturated heterocycles. The van der Waals surface area contributed by atoms with Crippen LogP contribution in [-0.2, 0) is 5.41 Å². The second-order valence-corrected chi connectivity index (χ2v) is 6.89. The molecule has 0 unspecified atom stereocenters. The van der Waals surface area contributed by atoms with Gasteiger partial charge in [0, 0.05) is 15.8 Å². The predicted octanol–water partition coefficient (Wildman–Crippen LogP) is 2.73. The zero-order valence-electron chi connectivity index (χ0n) is 11.4. The zero-order chi connectivity index (χ0) is 13.1. The molecule has 3 N–H and O–H groups in total. The third-order valence-corrected chi connectivity index (χ3v) is 3.57. The lowest BCUT2D eigenvalue weighted by molar-refractivity contribution is 0.502. The number of guanidine groups is 1. The Labute approximate surface area is 108 Å². The maximum atomic E-state index is 5.86. The lowest BCUT2D eigenvalue weighted by Gasteiger charge is -2.24. The van der Waals surface area contributed by atoms with Crippen LogP contribution in [0.3, 0.4) is 0 Å². The van der Waals surface area contributed by atoms with E-state index in [9.17, 15) is 0 Å². The molecular formula is C13H23N3S. The summed E-state index contributed by atoms with van der Waals surface area (Å²) in [6.07, 6.45) is 0. The first-order chi connectivity index (χ1) is 7.71. The highest BCUT2D eigenvalue weighted by Gasteiger charge is 2.21. The molecular weight excluding hydrogens is 230 g/mol. The smallest absolute Gasteiger partial charge is 0.189 e. The summed E-state index contributed by atoms with van der Waals surface area (Å²) in [6, 6.07) is 4.22. The van der Waals surface area contributed by atoms with Crippen LogP contribution in [0.25, 0.3) is 0 Å². The van der Waals surface area contributed by atoms with Gasteiger partial charge in [0.25, 0.3) is 0 Å². The lowest BCUT2D eigenvalue weighted by atomic mass is 9.92. The molecule has 0 aliphatic carbocycles. The van der Waals surface area contributed by atoms with Gasteiger partial charge in [-0.1, -0.05) is 19.9 Å². The minimum absolute atomic E-state index is 0.0400. The Morgan fingerprint density at radius 2 is 2.00 bits per heavy atom. The Kier molecular flexibility index (Phi) is 4.20. The van der Waals surface area contributed by atoms with Gasteiger partial charge in [-0.3, -0.25) is 4.99 Å². The van der Waals surface area contributed by atoms with Crippen molar-refractivity contribution in [2.75, 3.05) is 6.54 Å². The van der Waals surface area contributed by atoms with Gasteiger partial charge in [-0.2, -0.15) is 0 Å². The van der Waals surface area contributed by atoms with E-state index < -0.39 is 0 Å². The van der Waals surface area contributed by atoms with E-state index >= 15 is 0 Å². The minimum atomic E-state index is -0.0410. The summed E-state index contributed by atoms with van der Waals surface area (Å²) in [5.74, 6) is 0.516. The fraction of sp³-hybridized carbons (Fsp3) is 0.615. The Balaban J connectivity index is 2.63. The number of hydrogen-bond donors (Lipinski definition) is 2. The first-order valence-electron chi connectivity index (χ1n) is 5.83. The van der Waals surface area contributed by atoms with Gasteiger partial charge in [0.2, 0.25) is 0 Å². The molecule has 1 aromatic heterocycles. The van der Waals surface area contributed by atoms with Gasteiger partial charge in [-0.15, -0.1) is 11.3 Å². The summed E-state index contributed by atoms with van der Waals surface area (Å²) in [6.45, 7) is 11.3. The van der Waals surface area contributed by atoms with E-state index in [0.29, 0.717) is 12.5 Å². The molecule has 0 saturated carbocycles. The topological polar surface area (TPSA) is 50.4 Å². The summed E-state index contributed by atoms with van der Waals surface area (Å²) < 4.78 is 0. The molecule has 0 aliphatic rings. The maximum Gasteiger partial charge on any atom is 0.189 e. The van der Waals surface area contributed by atoms with Crippen molar-refractivity contribution in [3.8, 4) is 0 Å². The number of rotatable bonds is 3. The van der Waals surface area contributed by atoms with Crippen molar-refractivity contribution in [3.63, 3.8) is 0 Å². The molecule has 0 radical (unpaired) electrons. The quantitative estimate of drug-likeness (QED) is 0.643. The fourth-order valence-corrected chi connectivity index (χ4v) is 2.29. The second kappa shape index (κ2) is 5.08. The van der Waals surface area contributed by atoms with E-state index in [1.807, 2.05) is 0 Å². The lowest BCUT2D eigenvalue weighted by Crippen LogP contribution is -2.45. The van der Waals surface area contributed by atoms with E-state index in [1.165, 1.54) is 4.88 Å². The largest absolute Gasteiger partial charge is 0.370 e. The van der Waals surface area contributed by atoms with E-state index in [4.69, 9.17) is 5.73 Å². The van der Waals surface area contributed by atoms with Crippen molar-refractivity contribution in [3.05, 3.63) is 22.4 Å². The molecule has 3 nitrogen and oxygen atoms in total. The first-order valence-corrected chi connectivity index (χ1v) is 6.71. The molecule has 96 valence electrons. The monoisotopic (exact) mass is 253 g/mol. The van der Waals surface area contributed by atoms with Crippen LogP contribution < -0.4 is 11.1 Å². The standard InChI is InChI=1S/C13H23N3S/c1-12(2,3)16-11(14)15-9-13(4,5)10-7-6-8-17-10/h6-8H,9H2,1-5H3,(H3,14,15,16).